The number of rotatable bonds is 6. The van der Waals surface area contributed by atoms with E-state index in [-0.39, 0.29) is 11.4 Å². The summed E-state index contributed by atoms with van der Waals surface area (Å²) in [4.78, 5) is 23.8. The van der Waals surface area contributed by atoms with E-state index in [9.17, 15) is 9.59 Å². The maximum absolute atomic E-state index is 12.2. The van der Waals surface area contributed by atoms with Crippen LogP contribution in [0.4, 0.5) is 4.79 Å². The van der Waals surface area contributed by atoms with Gasteiger partial charge in [-0.2, -0.15) is 0 Å². The van der Waals surface area contributed by atoms with E-state index < -0.39 is 20.0 Å². The van der Waals surface area contributed by atoms with Gasteiger partial charge in [-0.25, -0.2) is 4.79 Å². The lowest BCUT2D eigenvalue weighted by Crippen LogP contribution is -2.42. The van der Waals surface area contributed by atoms with Crippen LogP contribution >= 0.6 is 11.6 Å². The van der Waals surface area contributed by atoms with Crippen molar-refractivity contribution in [2.24, 2.45) is 5.41 Å². The van der Waals surface area contributed by atoms with E-state index in [4.69, 9.17) is 20.8 Å². The van der Waals surface area contributed by atoms with Gasteiger partial charge in [0, 0.05) is 6.54 Å². The average Bonchev–Trinajstić information content (AvgIpc) is 2.34. The van der Waals surface area contributed by atoms with Crippen LogP contribution in [0.1, 0.15) is 45.4 Å². The van der Waals surface area contributed by atoms with E-state index in [1.54, 1.807) is 6.92 Å². The molecular formula is C15H28ClNO4Si. The molecule has 1 amide bonds. The topological polar surface area (TPSA) is 64.6 Å². The molecule has 22 heavy (non-hydrogen) atoms. The molecule has 1 aliphatic carbocycles. The smallest absolute Gasteiger partial charge is 0.408 e. The Morgan fingerprint density at radius 1 is 1.23 bits per heavy atom. The van der Waals surface area contributed by atoms with Gasteiger partial charge in [-0.15, -0.1) is 0 Å². The van der Waals surface area contributed by atoms with Crippen LogP contribution in [0, 0.1) is 5.41 Å². The van der Waals surface area contributed by atoms with Gasteiger partial charge in [-0.3, -0.25) is 4.79 Å². The molecule has 1 atom stereocenters. The van der Waals surface area contributed by atoms with Gasteiger partial charge in [0.05, 0.1) is 6.42 Å². The summed E-state index contributed by atoms with van der Waals surface area (Å²) in [5, 5.41) is 2.75. The summed E-state index contributed by atoms with van der Waals surface area (Å²) in [5.41, 5.74) is -0.886. The van der Waals surface area contributed by atoms with Crippen LogP contribution in [0.3, 0.4) is 0 Å². The Morgan fingerprint density at radius 2 is 1.82 bits per heavy atom. The van der Waals surface area contributed by atoms with Crippen molar-refractivity contribution in [1.29, 1.82) is 0 Å². The Kier molecular flexibility index (Phi) is 7.19. The van der Waals surface area contributed by atoms with Crippen molar-refractivity contribution in [3.8, 4) is 0 Å². The molecule has 0 aliphatic heterocycles. The SMILES string of the molecule is CC(Cl)OC(=O)NCC1(CC(=O)O[Si](C)(C)C)CCCCC1. The normalized spacial score (nSPS) is 19.1. The molecule has 0 saturated heterocycles. The minimum absolute atomic E-state index is 0.151. The molecular weight excluding hydrogens is 322 g/mol. The van der Waals surface area contributed by atoms with Crippen molar-refractivity contribution < 1.29 is 18.8 Å². The van der Waals surface area contributed by atoms with Crippen LogP contribution in [-0.2, 0) is 14.0 Å². The summed E-state index contributed by atoms with van der Waals surface area (Å²) in [7, 11) is -1.88. The van der Waals surface area contributed by atoms with Crippen molar-refractivity contribution in [1.82, 2.24) is 5.32 Å². The van der Waals surface area contributed by atoms with Crippen LogP contribution in [0.25, 0.3) is 0 Å². The molecule has 7 heteroatoms. The number of alkyl halides is 1. The van der Waals surface area contributed by atoms with Crippen LogP contribution in [-0.4, -0.2) is 32.5 Å². The van der Waals surface area contributed by atoms with Crippen LogP contribution in [0.2, 0.25) is 19.6 Å². The Bertz CT molecular complexity index is 389. The number of alkyl carbamates (subject to hydrolysis) is 1. The first-order valence-electron chi connectivity index (χ1n) is 7.92. The van der Waals surface area contributed by atoms with E-state index in [1.807, 2.05) is 19.6 Å². The second-order valence-electron chi connectivity index (χ2n) is 7.13. The Balaban J connectivity index is 2.61. The third kappa shape index (κ3) is 7.49. The Labute approximate surface area is 139 Å². The fourth-order valence-corrected chi connectivity index (χ4v) is 3.69. The molecule has 1 aliphatic rings. The molecule has 0 heterocycles. The monoisotopic (exact) mass is 349 g/mol. The van der Waals surface area contributed by atoms with E-state index in [0.717, 1.165) is 25.7 Å². The Morgan fingerprint density at radius 3 is 2.32 bits per heavy atom. The lowest BCUT2D eigenvalue weighted by molar-refractivity contribution is -0.138. The molecule has 0 aromatic heterocycles. The summed E-state index contributed by atoms with van der Waals surface area (Å²) >= 11 is 5.63. The second-order valence-corrected chi connectivity index (χ2v) is 12.2. The number of carbonyl (C=O) groups excluding carboxylic acids is 2. The quantitative estimate of drug-likeness (QED) is 0.581. The molecule has 0 spiro atoms. The number of hydrogen-bond donors (Lipinski definition) is 1. The number of ether oxygens (including phenoxy) is 1. The zero-order chi connectivity index (χ0) is 16.8. The predicted molar refractivity (Wildman–Crippen MR) is 89.4 cm³/mol. The molecule has 0 radical (unpaired) electrons. The first kappa shape index (κ1) is 19.3. The van der Waals surface area contributed by atoms with E-state index in [1.165, 1.54) is 6.42 Å². The molecule has 1 N–H and O–H groups in total. The number of carbonyl (C=O) groups is 2. The van der Waals surface area contributed by atoms with Gasteiger partial charge in [-0.1, -0.05) is 30.9 Å². The minimum Gasteiger partial charge on any atom is -0.520 e. The van der Waals surface area contributed by atoms with Gasteiger partial charge in [0.1, 0.15) is 0 Å². The van der Waals surface area contributed by atoms with Gasteiger partial charge in [-0.05, 0) is 44.8 Å². The van der Waals surface area contributed by atoms with Crippen LogP contribution in [0.15, 0.2) is 0 Å². The van der Waals surface area contributed by atoms with Gasteiger partial charge in [0.15, 0.2) is 5.56 Å². The summed E-state index contributed by atoms with van der Waals surface area (Å²) in [6.45, 7) is 8.00. The molecule has 5 nitrogen and oxygen atoms in total. The minimum atomic E-state index is -1.88. The van der Waals surface area contributed by atoms with E-state index in [2.05, 4.69) is 5.32 Å². The van der Waals surface area contributed by atoms with Crippen molar-refractivity contribution in [2.45, 2.75) is 70.7 Å². The third-order valence-corrected chi connectivity index (χ3v) is 4.66. The van der Waals surface area contributed by atoms with Crippen molar-refractivity contribution in [3.05, 3.63) is 0 Å². The van der Waals surface area contributed by atoms with Crippen molar-refractivity contribution in [3.63, 3.8) is 0 Å². The maximum atomic E-state index is 12.2. The molecule has 128 valence electrons. The van der Waals surface area contributed by atoms with Gasteiger partial charge in [0.2, 0.25) is 8.32 Å². The zero-order valence-electron chi connectivity index (χ0n) is 14.0. The highest BCUT2D eigenvalue weighted by Crippen LogP contribution is 2.39. The first-order chi connectivity index (χ1) is 10.1. The zero-order valence-corrected chi connectivity index (χ0v) is 15.8. The average molecular weight is 350 g/mol. The number of halogens is 1. The fraction of sp³-hybridized carbons (Fsp3) is 0.867. The molecule has 0 aromatic carbocycles. The number of hydrogen-bond acceptors (Lipinski definition) is 4. The van der Waals surface area contributed by atoms with Gasteiger partial charge < -0.3 is 14.5 Å². The number of amides is 1. The highest BCUT2D eigenvalue weighted by atomic mass is 35.5. The van der Waals surface area contributed by atoms with Gasteiger partial charge >= 0.3 is 6.09 Å². The molecule has 0 bridgehead atoms. The summed E-state index contributed by atoms with van der Waals surface area (Å²) in [5.74, 6) is -0.151. The lowest BCUT2D eigenvalue weighted by atomic mass is 9.72. The Hall–Kier alpha value is -0.753. The molecule has 0 aromatic rings. The highest BCUT2D eigenvalue weighted by Gasteiger charge is 2.36. The summed E-state index contributed by atoms with van der Waals surface area (Å²) in [6, 6.07) is 0. The first-order valence-corrected chi connectivity index (χ1v) is 11.8. The maximum Gasteiger partial charge on any atom is 0.408 e. The van der Waals surface area contributed by atoms with E-state index in [0.29, 0.717) is 13.0 Å². The fourth-order valence-electron chi connectivity index (χ4n) is 2.85. The third-order valence-electron chi connectivity index (χ3n) is 3.73. The highest BCUT2D eigenvalue weighted by molar-refractivity contribution is 6.71. The van der Waals surface area contributed by atoms with Crippen LogP contribution in [0.5, 0.6) is 0 Å². The standard InChI is InChI=1S/C15H28ClNO4Si/c1-12(16)20-14(19)17-11-15(8-6-5-7-9-15)10-13(18)21-22(2,3)4/h12H,5-11H2,1-4H3,(H,17,19). The molecule has 1 saturated carbocycles. The van der Waals surface area contributed by atoms with Crippen molar-refractivity contribution in [2.75, 3.05) is 6.54 Å². The van der Waals surface area contributed by atoms with Crippen molar-refractivity contribution >= 4 is 32.0 Å². The largest absolute Gasteiger partial charge is 0.520 e. The summed E-state index contributed by atoms with van der Waals surface area (Å²) < 4.78 is 10.4. The van der Waals surface area contributed by atoms with Gasteiger partial charge in [0.25, 0.3) is 5.97 Å². The van der Waals surface area contributed by atoms with E-state index >= 15 is 0 Å². The molecule has 1 fully saturated rings. The number of nitrogens with one attached hydrogen (secondary N) is 1. The molecule has 1 unspecified atom stereocenters. The molecule has 1 rings (SSSR count). The predicted octanol–water partition coefficient (Wildman–Crippen LogP) is 4.02. The lowest BCUT2D eigenvalue weighted by Gasteiger charge is -2.37. The van der Waals surface area contributed by atoms with Crippen LogP contribution < -0.4 is 5.32 Å². The second kappa shape index (κ2) is 8.20. The summed E-state index contributed by atoms with van der Waals surface area (Å²) in [6.07, 6.45) is 4.98.